The summed E-state index contributed by atoms with van der Waals surface area (Å²) in [5, 5.41) is 2.86. The molecule has 0 saturated carbocycles. The van der Waals surface area contributed by atoms with Gasteiger partial charge in [0.1, 0.15) is 0 Å². The van der Waals surface area contributed by atoms with Crippen LogP contribution in [0.2, 0.25) is 0 Å². The van der Waals surface area contributed by atoms with E-state index < -0.39 is 0 Å². The van der Waals surface area contributed by atoms with E-state index in [1.807, 2.05) is 24.0 Å². The van der Waals surface area contributed by atoms with Crippen LogP contribution in [-0.2, 0) is 6.42 Å². The van der Waals surface area contributed by atoms with Gasteiger partial charge in [-0.3, -0.25) is 0 Å². The summed E-state index contributed by atoms with van der Waals surface area (Å²) in [6.07, 6.45) is 3.32. The maximum absolute atomic E-state index is 11.7. The highest BCUT2D eigenvalue weighted by molar-refractivity contribution is 5.74. The molecular formula is C15H21N2O. The first-order chi connectivity index (χ1) is 8.79. The molecule has 1 aliphatic rings. The zero-order chi connectivity index (χ0) is 12.8. The second-order valence-electron chi connectivity index (χ2n) is 4.88. The summed E-state index contributed by atoms with van der Waals surface area (Å²) in [6, 6.07) is 11.4. The fourth-order valence-electron chi connectivity index (χ4n) is 2.49. The van der Waals surface area contributed by atoms with Gasteiger partial charge in [-0.1, -0.05) is 24.3 Å². The monoisotopic (exact) mass is 245 g/mol. The van der Waals surface area contributed by atoms with Gasteiger partial charge < -0.3 is 10.2 Å². The predicted molar refractivity (Wildman–Crippen MR) is 72.4 cm³/mol. The molecule has 0 atom stereocenters. The van der Waals surface area contributed by atoms with Crippen LogP contribution in [0.15, 0.2) is 24.3 Å². The first-order valence-corrected chi connectivity index (χ1v) is 6.77. The van der Waals surface area contributed by atoms with Crippen LogP contribution in [0.5, 0.6) is 0 Å². The molecule has 18 heavy (non-hydrogen) atoms. The summed E-state index contributed by atoms with van der Waals surface area (Å²) in [7, 11) is 0. The third kappa shape index (κ3) is 3.49. The Balaban J connectivity index is 1.78. The highest BCUT2D eigenvalue weighted by atomic mass is 16.2. The fourth-order valence-corrected chi connectivity index (χ4v) is 2.49. The molecule has 2 rings (SSSR count). The summed E-state index contributed by atoms with van der Waals surface area (Å²) < 4.78 is 0. The lowest BCUT2D eigenvalue weighted by Gasteiger charge is -2.32. The van der Waals surface area contributed by atoms with Gasteiger partial charge in [-0.05, 0) is 43.7 Å². The Hall–Kier alpha value is -1.51. The third-order valence-electron chi connectivity index (χ3n) is 3.53. The molecule has 3 nitrogen and oxygen atoms in total. The molecule has 1 aromatic rings. The molecule has 1 aromatic carbocycles. The maximum Gasteiger partial charge on any atom is 0.317 e. The van der Waals surface area contributed by atoms with Crippen molar-refractivity contribution in [1.82, 2.24) is 10.2 Å². The van der Waals surface area contributed by atoms with Crippen molar-refractivity contribution in [3.05, 3.63) is 35.9 Å². The van der Waals surface area contributed by atoms with E-state index in [0.29, 0.717) is 12.5 Å². The van der Waals surface area contributed by atoms with Crippen molar-refractivity contribution in [2.24, 2.45) is 5.92 Å². The van der Waals surface area contributed by atoms with Crippen molar-refractivity contribution >= 4 is 6.03 Å². The normalized spacial score (nSPS) is 16.6. The molecule has 2 amide bonds. The Morgan fingerprint density at radius 1 is 1.50 bits per heavy atom. The molecule has 1 N–H and O–H groups in total. The molecule has 1 fully saturated rings. The van der Waals surface area contributed by atoms with Crippen molar-refractivity contribution in [1.29, 1.82) is 0 Å². The molecule has 1 aliphatic heterocycles. The van der Waals surface area contributed by atoms with Crippen molar-refractivity contribution in [3.8, 4) is 0 Å². The summed E-state index contributed by atoms with van der Waals surface area (Å²) >= 11 is 0. The average molecular weight is 245 g/mol. The van der Waals surface area contributed by atoms with Gasteiger partial charge in [-0.15, -0.1) is 0 Å². The highest BCUT2D eigenvalue weighted by Gasteiger charge is 2.22. The van der Waals surface area contributed by atoms with Crippen LogP contribution in [0.4, 0.5) is 4.79 Å². The SMILES string of the molecule is CCNC(=O)N1CCC(Cc2c[c]ccc2)CC1. The smallest absolute Gasteiger partial charge is 0.317 e. The number of nitrogens with one attached hydrogen (secondary N) is 1. The van der Waals surface area contributed by atoms with E-state index in [1.165, 1.54) is 5.56 Å². The van der Waals surface area contributed by atoms with E-state index in [0.717, 1.165) is 32.4 Å². The number of benzene rings is 1. The highest BCUT2D eigenvalue weighted by Crippen LogP contribution is 2.21. The van der Waals surface area contributed by atoms with Gasteiger partial charge >= 0.3 is 6.03 Å². The molecule has 1 radical (unpaired) electrons. The van der Waals surface area contributed by atoms with E-state index in [4.69, 9.17) is 0 Å². The molecule has 0 spiro atoms. The second kappa shape index (κ2) is 6.43. The number of likely N-dealkylation sites (tertiary alicyclic amines) is 1. The van der Waals surface area contributed by atoms with E-state index in [1.54, 1.807) is 0 Å². The van der Waals surface area contributed by atoms with Crippen molar-refractivity contribution in [3.63, 3.8) is 0 Å². The number of amides is 2. The van der Waals surface area contributed by atoms with E-state index in [-0.39, 0.29) is 6.03 Å². The number of piperidine rings is 1. The molecule has 3 heteroatoms. The van der Waals surface area contributed by atoms with Gasteiger partial charge in [0.15, 0.2) is 0 Å². The van der Waals surface area contributed by atoms with E-state index in [9.17, 15) is 4.79 Å². The first kappa shape index (κ1) is 12.9. The summed E-state index contributed by atoms with van der Waals surface area (Å²) in [4.78, 5) is 13.6. The Morgan fingerprint density at radius 3 is 2.89 bits per heavy atom. The maximum atomic E-state index is 11.7. The molecule has 0 aliphatic carbocycles. The minimum absolute atomic E-state index is 0.0870. The van der Waals surface area contributed by atoms with Crippen LogP contribution in [-0.4, -0.2) is 30.6 Å². The van der Waals surface area contributed by atoms with Gasteiger partial charge in [0, 0.05) is 19.6 Å². The molecule has 1 saturated heterocycles. The summed E-state index contributed by atoms with van der Waals surface area (Å²) in [5.41, 5.74) is 1.36. The van der Waals surface area contributed by atoms with Gasteiger partial charge in [-0.25, -0.2) is 4.79 Å². The lowest BCUT2D eigenvalue weighted by Crippen LogP contribution is -2.44. The number of hydrogen-bond donors (Lipinski definition) is 1. The average Bonchev–Trinajstić information content (AvgIpc) is 2.41. The second-order valence-corrected chi connectivity index (χ2v) is 4.88. The summed E-state index contributed by atoms with van der Waals surface area (Å²) in [5.74, 6) is 0.700. The third-order valence-corrected chi connectivity index (χ3v) is 3.53. The topological polar surface area (TPSA) is 32.3 Å². The minimum Gasteiger partial charge on any atom is -0.338 e. The van der Waals surface area contributed by atoms with Gasteiger partial charge in [0.25, 0.3) is 0 Å². The van der Waals surface area contributed by atoms with E-state index in [2.05, 4.69) is 23.5 Å². The molecule has 0 unspecified atom stereocenters. The van der Waals surface area contributed by atoms with Crippen LogP contribution >= 0.6 is 0 Å². The van der Waals surface area contributed by atoms with Crippen LogP contribution in [0.1, 0.15) is 25.3 Å². The number of rotatable bonds is 3. The van der Waals surface area contributed by atoms with Crippen molar-refractivity contribution in [2.75, 3.05) is 19.6 Å². The number of carbonyl (C=O) groups excluding carboxylic acids is 1. The zero-order valence-corrected chi connectivity index (χ0v) is 11.0. The largest absolute Gasteiger partial charge is 0.338 e. The van der Waals surface area contributed by atoms with E-state index >= 15 is 0 Å². The Morgan fingerprint density at radius 2 is 2.28 bits per heavy atom. The molecule has 97 valence electrons. The zero-order valence-electron chi connectivity index (χ0n) is 11.0. The van der Waals surface area contributed by atoms with Crippen LogP contribution in [0.25, 0.3) is 0 Å². The first-order valence-electron chi connectivity index (χ1n) is 6.77. The summed E-state index contributed by atoms with van der Waals surface area (Å²) in [6.45, 7) is 4.43. The van der Waals surface area contributed by atoms with Crippen LogP contribution in [0, 0.1) is 12.0 Å². The molecular weight excluding hydrogens is 224 g/mol. The Labute approximate surface area is 109 Å². The fraction of sp³-hybridized carbons (Fsp3) is 0.533. The van der Waals surface area contributed by atoms with Crippen molar-refractivity contribution < 1.29 is 4.79 Å². The lowest BCUT2D eigenvalue weighted by molar-refractivity contribution is 0.171. The van der Waals surface area contributed by atoms with Crippen LogP contribution in [0.3, 0.4) is 0 Å². The number of urea groups is 1. The van der Waals surface area contributed by atoms with Gasteiger partial charge in [0.2, 0.25) is 0 Å². The number of nitrogens with zero attached hydrogens (tertiary/aromatic N) is 1. The molecule has 0 aromatic heterocycles. The molecule has 0 bridgehead atoms. The quantitative estimate of drug-likeness (QED) is 0.871. The predicted octanol–water partition coefficient (Wildman–Crippen LogP) is 2.47. The van der Waals surface area contributed by atoms with Gasteiger partial charge in [0.05, 0.1) is 0 Å². The molecule has 1 heterocycles. The Kier molecular flexibility index (Phi) is 4.62. The van der Waals surface area contributed by atoms with Crippen LogP contribution < -0.4 is 5.32 Å². The minimum atomic E-state index is 0.0870. The number of carbonyl (C=O) groups is 1. The lowest BCUT2D eigenvalue weighted by atomic mass is 9.90. The standard InChI is InChI=1S/C15H21N2O/c1-2-16-15(18)17-10-8-14(9-11-17)12-13-6-4-3-5-7-13/h3-4,6-7,14H,2,8-12H2,1H3,(H,16,18). The van der Waals surface area contributed by atoms with Crippen molar-refractivity contribution in [2.45, 2.75) is 26.2 Å². The van der Waals surface area contributed by atoms with Gasteiger partial charge in [-0.2, -0.15) is 0 Å². The Bertz CT molecular complexity index is 369. The number of hydrogen-bond acceptors (Lipinski definition) is 1.